The van der Waals surface area contributed by atoms with Gasteiger partial charge in [-0.25, -0.2) is 0 Å². The summed E-state index contributed by atoms with van der Waals surface area (Å²) >= 11 is 3.17. The number of hydrogen-bond donors (Lipinski definition) is 2. The van der Waals surface area contributed by atoms with Crippen molar-refractivity contribution in [1.29, 1.82) is 0 Å². The van der Waals surface area contributed by atoms with Crippen molar-refractivity contribution in [3.05, 3.63) is 52.4 Å². The maximum absolute atomic E-state index is 12.6. The average molecular weight is 391 g/mol. The van der Waals surface area contributed by atoms with Gasteiger partial charge in [0.2, 0.25) is 0 Å². The lowest BCUT2D eigenvalue weighted by atomic mass is 9.95. The van der Waals surface area contributed by atoms with Crippen molar-refractivity contribution in [2.24, 2.45) is 0 Å². The smallest absolute Gasteiger partial charge is 0.291 e. The number of rotatable bonds is 4. The van der Waals surface area contributed by atoms with Crippen LogP contribution >= 0.6 is 15.9 Å². The molecule has 0 saturated heterocycles. The number of hydrogen-bond acceptors (Lipinski definition) is 3. The predicted molar refractivity (Wildman–Crippen MR) is 95.1 cm³/mol. The fourth-order valence-corrected chi connectivity index (χ4v) is 3.23. The van der Waals surface area contributed by atoms with Crippen molar-refractivity contribution in [2.75, 3.05) is 5.32 Å². The van der Waals surface area contributed by atoms with Crippen molar-refractivity contribution >= 4 is 33.4 Å². The van der Waals surface area contributed by atoms with E-state index in [-0.39, 0.29) is 17.7 Å². The second kappa shape index (κ2) is 7.66. The molecule has 0 spiro atoms. The number of para-hydroxylation sites is 1. The zero-order chi connectivity index (χ0) is 16.9. The quantitative estimate of drug-likeness (QED) is 0.814. The van der Waals surface area contributed by atoms with Gasteiger partial charge >= 0.3 is 0 Å². The molecule has 1 aromatic heterocycles. The van der Waals surface area contributed by atoms with Crippen LogP contribution in [-0.2, 0) is 0 Å². The highest BCUT2D eigenvalue weighted by atomic mass is 79.9. The molecule has 2 amide bonds. The molecule has 126 valence electrons. The van der Waals surface area contributed by atoms with Gasteiger partial charge < -0.3 is 15.1 Å². The molecule has 1 fully saturated rings. The fourth-order valence-electron chi connectivity index (χ4n) is 2.92. The Hall–Kier alpha value is -2.08. The summed E-state index contributed by atoms with van der Waals surface area (Å²) in [5, 5.41) is 5.82. The summed E-state index contributed by atoms with van der Waals surface area (Å²) in [4.78, 5) is 24.8. The van der Waals surface area contributed by atoms with Crippen LogP contribution in [0.25, 0.3) is 0 Å². The largest absolute Gasteiger partial charge is 0.444 e. The highest BCUT2D eigenvalue weighted by Crippen LogP contribution is 2.21. The summed E-state index contributed by atoms with van der Waals surface area (Å²) in [6.45, 7) is 0. The van der Waals surface area contributed by atoms with E-state index >= 15 is 0 Å². The monoisotopic (exact) mass is 390 g/mol. The number of nitrogens with one attached hydrogen (secondary N) is 2. The molecule has 0 unspecified atom stereocenters. The topological polar surface area (TPSA) is 71.3 Å². The van der Waals surface area contributed by atoms with Gasteiger partial charge in [-0.1, -0.05) is 31.4 Å². The third-order valence-corrected chi connectivity index (χ3v) is 4.58. The second-order valence-electron chi connectivity index (χ2n) is 5.91. The lowest BCUT2D eigenvalue weighted by Gasteiger charge is -2.23. The first kappa shape index (κ1) is 16.8. The molecule has 1 aliphatic carbocycles. The Balaban J connectivity index is 1.72. The molecule has 0 aliphatic heterocycles. The third-order valence-electron chi connectivity index (χ3n) is 4.16. The molecule has 2 N–H and O–H groups in total. The van der Waals surface area contributed by atoms with E-state index in [4.69, 9.17) is 4.42 Å². The van der Waals surface area contributed by atoms with Gasteiger partial charge in [-0.3, -0.25) is 9.59 Å². The number of furan rings is 1. The van der Waals surface area contributed by atoms with Crippen LogP contribution in [0.15, 0.2) is 45.5 Å². The molecule has 1 saturated carbocycles. The number of benzene rings is 1. The lowest BCUT2D eigenvalue weighted by molar-refractivity contribution is 0.0928. The summed E-state index contributed by atoms with van der Waals surface area (Å²) < 4.78 is 5.73. The fraction of sp³-hybridized carbons (Fsp3) is 0.333. The molecule has 1 aromatic carbocycles. The standard InChI is InChI=1S/C18H19BrN2O3/c19-16-11-10-15(24-16)18(23)21-14-9-5-4-8-13(14)17(22)20-12-6-2-1-3-7-12/h4-5,8-12H,1-3,6-7H2,(H,20,22)(H,21,23). The Labute approximate surface area is 148 Å². The van der Waals surface area contributed by atoms with Gasteiger partial charge in [-0.05, 0) is 53.0 Å². The van der Waals surface area contributed by atoms with E-state index in [1.807, 2.05) is 0 Å². The third kappa shape index (κ3) is 4.06. The Bertz CT molecular complexity index is 735. The van der Waals surface area contributed by atoms with Gasteiger partial charge in [0.25, 0.3) is 11.8 Å². The van der Waals surface area contributed by atoms with E-state index in [2.05, 4.69) is 26.6 Å². The molecule has 6 heteroatoms. The van der Waals surface area contributed by atoms with Crippen LogP contribution in [0.2, 0.25) is 0 Å². The molecule has 0 radical (unpaired) electrons. The molecule has 1 aliphatic rings. The molecule has 1 heterocycles. The minimum Gasteiger partial charge on any atom is -0.444 e. The zero-order valence-corrected chi connectivity index (χ0v) is 14.8. The second-order valence-corrected chi connectivity index (χ2v) is 6.69. The summed E-state index contributed by atoms with van der Waals surface area (Å²) in [5.41, 5.74) is 0.936. The van der Waals surface area contributed by atoms with E-state index in [0.29, 0.717) is 15.9 Å². The van der Waals surface area contributed by atoms with E-state index in [9.17, 15) is 9.59 Å². The van der Waals surface area contributed by atoms with E-state index in [1.165, 1.54) is 6.42 Å². The minimum atomic E-state index is -0.390. The van der Waals surface area contributed by atoms with Crippen molar-refractivity contribution in [2.45, 2.75) is 38.1 Å². The molecule has 24 heavy (non-hydrogen) atoms. The average Bonchev–Trinajstić information content (AvgIpc) is 3.03. The van der Waals surface area contributed by atoms with Crippen LogP contribution in [0.3, 0.4) is 0 Å². The maximum atomic E-state index is 12.6. The first-order valence-corrected chi connectivity index (χ1v) is 8.89. The van der Waals surface area contributed by atoms with Crippen molar-refractivity contribution in [3.8, 4) is 0 Å². The Morgan fingerprint density at radius 1 is 1.00 bits per heavy atom. The lowest BCUT2D eigenvalue weighted by Crippen LogP contribution is -2.36. The van der Waals surface area contributed by atoms with Crippen LogP contribution in [0.4, 0.5) is 5.69 Å². The van der Waals surface area contributed by atoms with E-state index in [1.54, 1.807) is 36.4 Å². The minimum absolute atomic E-state index is 0.154. The predicted octanol–water partition coefficient (Wildman–Crippen LogP) is 4.36. The van der Waals surface area contributed by atoms with E-state index in [0.717, 1.165) is 25.7 Å². The molecular weight excluding hydrogens is 372 g/mol. The van der Waals surface area contributed by atoms with Gasteiger partial charge in [0.15, 0.2) is 10.4 Å². The van der Waals surface area contributed by atoms with Crippen LogP contribution in [0, 0.1) is 0 Å². The van der Waals surface area contributed by atoms with Crippen molar-refractivity contribution in [1.82, 2.24) is 5.32 Å². The SMILES string of the molecule is O=C(Nc1ccccc1C(=O)NC1CCCCC1)c1ccc(Br)o1. The Morgan fingerprint density at radius 3 is 2.46 bits per heavy atom. The number of carbonyl (C=O) groups excluding carboxylic acids is 2. The normalized spacial score (nSPS) is 15.0. The van der Waals surface area contributed by atoms with Crippen LogP contribution in [-0.4, -0.2) is 17.9 Å². The molecule has 0 bridgehead atoms. The van der Waals surface area contributed by atoms with Crippen LogP contribution in [0.1, 0.15) is 53.0 Å². The first-order chi connectivity index (χ1) is 11.6. The first-order valence-electron chi connectivity index (χ1n) is 8.10. The molecule has 0 atom stereocenters. The Kier molecular flexibility index (Phi) is 5.35. The van der Waals surface area contributed by atoms with Gasteiger partial charge in [-0.2, -0.15) is 0 Å². The molecule has 3 rings (SSSR count). The zero-order valence-electron chi connectivity index (χ0n) is 13.2. The molecular formula is C18H19BrN2O3. The maximum Gasteiger partial charge on any atom is 0.291 e. The molecule has 2 aromatic rings. The van der Waals surface area contributed by atoms with Crippen molar-refractivity contribution < 1.29 is 14.0 Å². The summed E-state index contributed by atoms with van der Waals surface area (Å²) in [6, 6.07) is 10.4. The van der Waals surface area contributed by atoms with Gasteiger partial charge in [0, 0.05) is 6.04 Å². The highest BCUT2D eigenvalue weighted by molar-refractivity contribution is 9.10. The number of carbonyl (C=O) groups is 2. The van der Waals surface area contributed by atoms with Crippen LogP contribution in [0.5, 0.6) is 0 Å². The summed E-state index contributed by atoms with van der Waals surface area (Å²) in [5.74, 6) is -0.360. The number of amides is 2. The summed E-state index contributed by atoms with van der Waals surface area (Å²) in [7, 11) is 0. The summed E-state index contributed by atoms with van der Waals surface area (Å²) in [6.07, 6.45) is 5.56. The van der Waals surface area contributed by atoms with Crippen LogP contribution < -0.4 is 10.6 Å². The molecule has 5 nitrogen and oxygen atoms in total. The van der Waals surface area contributed by atoms with Crippen molar-refractivity contribution in [3.63, 3.8) is 0 Å². The van der Waals surface area contributed by atoms with Gasteiger partial charge in [-0.15, -0.1) is 0 Å². The van der Waals surface area contributed by atoms with Gasteiger partial charge in [0.1, 0.15) is 0 Å². The highest BCUT2D eigenvalue weighted by Gasteiger charge is 2.20. The Morgan fingerprint density at radius 2 is 1.75 bits per heavy atom. The van der Waals surface area contributed by atoms with E-state index < -0.39 is 5.91 Å². The number of halogens is 1. The number of anilines is 1. The van der Waals surface area contributed by atoms with Gasteiger partial charge in [0.05, 0.1) is 11.3 Å².